The van der Waals surface area contributed by atoms with Crippen molar-refractivity contribution in [2.75, 3.05) is 5.32 Å². The Hall–Kier alpha value is -1.66. The molecule has 0 radical (unpaired) electrons. The molecule has 0 unspecified atom stereocenters. The molecule has 0 saturated heterocycles. The number of amides is 1. The van der Waals surface area contributed by atoms with Gasteiger partial charge in [0.15, 0.2) is 0 Å². The number of carbonyl (C=O) groups excluding carboxylic acids is 1. The molecule has 7 heteroatoms. The second-order valence-corrected chi connectivity index (χ2v) is 5.07. The first-order valence-corrected chi connectivity index (χ1v) is 6.44. The van der Waals surface area contributed by atoms with E-state index in [4.69, 9.17) is 11.6 Å². The number of rotatable bonds is 2. The lowest BCUT2D eigenvalue weighted by atomic mass is 10.2. The standard InChI is InChI=1S/C12H9BrClN3O2/c1-6-4-10(14)16-12(15-6)17-11(19)8-5-7(13)2-3-9(8)18/h2-5,18H,1H3,(H,15,16,17,19). The van der Waals surface area contributed by atoms with Crippen LogP contribution in [0.1, 0.15) is 16.1 Å². The molecule has 1 aromatic carbocycles. The number of nitrogens with one attached hydrogen (secondary N) is 1. The maximum absolute atomic E-state index is 12.0. The molecule has 2 rings (SSSR count). The Morgan fingerprint density at radius 3 is 2.79 bits per heavy atom. The van der Waals surface area contributed by atoms with E-state index in [9.17, 15) is 9.90 Å². The zero-order valence-corrected chi connectivity index (χ0v) is 12.2. The van der Waals surface area contributed by atoms with Gasteiger partial charge in [0.05, 0.1) is 5.56 Å². The third-order valence-corrected chi connectivity index (χ3v) is 2.94. The Morgan fingerprint density at radius 2 is 2.11 bits per heavy atom. The number of aryl methyl sites for hydroxylation is 1. The number of phenols is 1. The van der Waals surface area contributed by atoms with Crippen LogP contribution in [0.25, 0.3) is 0 Å². The molecule has 0 bridgehead atoms. The van der Waals surface area contributed by atoms with E-state index in [-0.39, 0.29) is 22.4 Å². The maximum atomic E-state index is 12.0. The average Bonchev–Trinajstić information content (AvgIpc) is 2.30. The first kappa shape index (κ1) is 13.8. The number of hydrogen-bond donors (Lipinski definition) is 2. The minimum absolute atomic E-state index is 0.0920. The monoisotopic (exact) mass is 341 g/mol. The van der Waals surface area contributed by atoms with Crippen molar-refractivity contribution in [3.05, 3.63) is 45.1 Å². The summed E-state index contributed by atoms with van der Waals surface area (Å²) in [5.74, 6) is -0.547. The molecule has 0 saturated carbocycles. The Kier molecular flexibility index (Phi) is 4.01. The van der Waals surface area contributed by atoms with Gasteiger partial charge in [-0.2, -0.15) is 0 Å². The van der Waals surface area contributed by atoms with Crippen molar-refractivity contribution in [3.63, 3.8) is 0 Å². The zero-order valence-electron chi connectivity index (χ0n) is 9.82. The molecule has 5 nitrogen and oxygen atoms in total. The third-order valence-electron chi connectivity index (χ3n) is 2.25. The van der Waals surface area contributed by atoms with Gasteiger partial charge in [-0.05, 0) is 31.2 Å². The number of hydrogen-bond acceptors (Lipinski definition) is 4. The van der Waals surface area contributed by atoms with Gasteiger partial charge in [-0.25, -0.2) is 9.97 Å². The lowest BCUT2D eigenvalue weighted by Crippen LogP contribution is -2.14. The van der Waals surface area contributed by atoms with Gasteiger partial charge in [0.2, 0.25) is 5.95 Å². The van der Waals surface area contributed by atoms with E-state index in [0.717, 1.165) is 0 Å². The SMILES string of the molecule is Cc1cc(Cl)nc(NC(=O)c2cc(Br)ccc2O)n1. The molecule has 0 aliphatic carbocycles. The summed E-state index contributed by atoms with van der Waals surface area (Å²) >= 11 is 9.01. The van der Waals surface area contributed by atoms with E-state index < -0.39 is 5.91 Å². The normalized spacial score (nSPS) is 10.3. The van der Waals surface area contributed by atoms with E-state index in [2.05, 4.69) is 31.2 Å². The molecule has 1 aromatic heterocycles. The van der Waals surface area contributed by atoms with Crippen LogP contribution < -0.4 is 5.32 Å². The molecule has 0 atom stereocenters. The molecule has 98 valence electrons. The second kappa shape index (κ2) is 5.54. The predicted octanol–water partition coefficient (Wildman–Crippen LogP) is 3.16. The van der Waals surface area contributed by atoms with Crippen LogP contribution in [0.2, 0.25) is 5.15 Å². The highest BCUT2D eigenvalue weighted by molar-refractivity contribution is 9.10. The number of aromatic nitrogens is 2. The van der Waals surface area contributed by atoms with Gasteiger partial charge in [0, 0.05) is 10.2 Å². The molecular formula is C12H9BrClN3O2. The molecule has 0 fully saturated rings. The first-order valence-electron chi connectivity index (χ1n) is 5.27. The van der Waals surface area contributed by atoms with Gasteiger partial charge in [0.25, 0.3) is 5.91 Å². The second-order valence-electron chi connectivity index (χ2n) is 3.77. The number of anilines is 1. The van der Waals surface area contributed by atoms with Crippen molar-refractivity contribution in [1.29, 1.82) is 0 Å². The number of benzene rings is 1. The summed E-state index contributed by atoms with van der Waals surface area (Å²) in [5, 5.41) is 12.4. The fourth-order valence-electron chi connectivity index (χ4n) is 1.45. The molecule has 0 aliphatic heterocycles. The average molecular weight is 343 g/mol. The molecule has 0 aliphatic rings. The summed E-state index contributed by atoms with van der Waals surface area (Å²) in [6.07, 6.45) is 0. The highest BCUT2D eigenvalue weighted by Gasteiger charge is 2.13. The minimum Gasteiger partial charge on any atom is -0.507 e. The fourth-order valence-corrected chi connectivity index (χ4v) is 2.04. The van der Waals surface area contributed by atoms with Gasteiger partial charge in [-0.15, -0.1) is 0 Å². The van der Waals surface area contributed by atoms with Crippen molar-refractivity contribution < 1.29 is 9.90 Å². The van der Waals surface area contributed by atoms with E-state index in [1.807, 2.05) is 0 Å². The topological polar surface area (TPSA) is 75.1 Å². The van der Waals surface area contributed by atoms with Crippen molar-refractivity contribution >= 4 is 39.4 Å². The van der Waals surface area contributed by atoms with Gasteiger partial charge in [-0.1, -0.05) is 27.5 Å². The number of halogens is 2. The van der Waals surface area contributed by atoms with Gasteiger partial charge >= 0.3 is 0 Å². The number of aromatic hydroxyl groups is 1. The Labute approximate surface area is 122 Å². The summed E-state index contributed by atoms with van der Waals surface area (Å²) in [4.78, 5) is 19.9. The highest BCUT2D eigenvalue weighted by Crippen LogP contribution is 2.22. The van der Waals surface area contributed by atoms with E-state index >= 15 is 0 Å². The summed E-state index contributed by atoms with van der Waals surface area (Å²) in [6, 6.07) is 6.13. The Balaban J connectivity index is 2.28. The van der Waals surface area contributed by atoms with E-state index in [1.165, 1.54) is 12.1 Å². The van der Waals surface area contributed by atoms with E-state index in [1.54, 1.807) is 19.1 Å². The van der Waals surface area contributed by atoms with Crippen molar-refractivity contribution in [2.24, 2.45) is 0 Å². The van der Waals surface area contributed by atoms with Gasteiger partial charge < -0.3 is 5.11 Å². The molecule has 2 aromatic rings. The van der Waals surface area contributed by atoms with Crippen molar-refractivity contribution in [2.45, 2.75) is 6.92 Å². The quantitative estimate of drug-likeness (QED) is 0.822. The van der Waals surface area contributed by atoms with E-state index in [0.29, 0.717) is 10.2 Å². The zero-order chi connectivity index (χ0) is 14.0. The maximum Gasteiger partial charge on any atom is 0.261 e. The first-order chi connectivity index (χ1) is 8.95. The number of nitrogens with zero attached hydrogens (tertiary/aromatic N) is 2. The fraction of sp³-hybridized carbons (Fsp3) is 0.0833. The van der Waals surface area contributed by atoms with Crippen LogP contribution in [0.5, 0.6) is 5.75 Å². The van der Waals surface area contributed by atoms with Gasteiger partial charge in [0.1, 0.15) is 10.9 Å². The number of phenolic OH excluding ortho intramolecular Hbond substituents is 1. The Bertz CT molecular complexity index is 629. The van der Waals surface area contributed by atoms with Crippen LogP contribution in [0.3, 0.4) is 0 Å². The lowest BCUT2D eigenvalue weighted by molar-refractivity contribution is 0.102. The Morgan fingerprint density at radius 1 is 1.37 bits per heavy atom. The van der Waals surface area contributed by atoms with Crippen LogP contribution in [0, 0.1) is 6.92 Å². The minimum atomic E-state index is -0.513. The summed E-state index contributed by atoms with van der Waals surface area (Å²) < 4.78 is 0.679. The lowest BCUT2D eigenvalue weighted by Gasteiger charge is -2.06. The summed E-state index contributed by atoms with van der Waals surface area (Å²) in [6.45, 7) is 1.74. The van der Waals surface area contributed by atoms with Crippen LogP contribution in [-0.2, 0) is 0 Å². The van der Waals surface area contributed by atoms with Gasteiger partial charge in [-0.3, -0.25) is 10.1 Å². The molecular weight excluding hydrogens is 334 g/mol. The smallest absolute Gasteiger partial charge is 0.261 e. The largest absolute Gasteiger partial charge is 0.507 e. The summed E-state index contributed by atoms with van der Waals surface area (Å²) in [5.41, 5.74) is 0.754. The number of carbonyl (C=O) groups is 1. The third kappa shape index (κ3) is 3.42. The molecule has 0 spiro atoms. The van der Waals surface area contributed by atoms with Crippen LogP contribution in [0.15, 0.2) is 28.7 Å². The van der Waals surface area contributed by atoms with Crippen molar-refractivity contribution in [3.8, 4) is 5.75 Å². The van der Waals surface area contributed by atoms with Crippen LogP contribution >= 0.6 is 27.5 Å². The molecule has 1 heterocycles. The predicted molar refractivity (Wildman–Crippen MR) is 75.5 cm³/mol. The highest BCUT2D eigenvalue weighted by atomic mass is 79.9. The molecule has 2 N–H and O–H groups in total. The van der Waals surface area contributed by atoms with Crippen LogP contribution in [0.4, 0.5) is 5.95 Å². The van der Waals surface area contributed by atoms with Crippen LogP contribution in [-0.4, -0.2) is 21.0 Å². The van der Waals surface area contributed by atoms with Crippen molar-refractivity contribution in [1.82, 2.24) is 9.97 Å². The molecule has 1 amide bonds. The molecule has 19 heavy (non-hydrogen) atoms. The summed E-state index contributed by atoms with van der Waals surface area (Å²) in [7, 11) is 0.